The van der Waals surface area contributed by atoms with E-state index in [0.29, 0.717) is 63.3 Å². The van der Waals surface area contributed by atoms with Gasteiger partial charge >= 0.3 is 5.97 Å². The van der Waals surface area contributed by atoms with Crippen LogP contribution in [0.5, 0.6) is 0 Å². The van der Waals surface area contributed by atoms with Crippen LogP contribution in [0.2, 0.25) is 0 Å². The van der Waals surface area contributed by atoms with E-state index in [1.165, 1.54) is 0 Å². The Labute approximate surface area is 212 Å². The van der Waals surface area contributed by atoms with Crippen LogP contribution in [0.1, 0.15) is 32.6 Å². The lowest BCUT2D eigenvalue weighted by Gasteiger charge is -2.37. The molecule has 0 radical (unpaired) electrons. The van der Waals surface area contributed by atoms with Crippen LogP contribution in [0.15, 0.2) is 30.6 Å². The molecule has 0 aliphatic carbocycles. The third-order valence-corrected chi connectivity index (χ3v) is 7.43. The molecule has 12 heteroatoms. The number of aliphatic hydroxyl groups excluding tert-OH is 1. The summed E-state index contributed by atoms with van der Waals surface area (Å²) in [7, 11) is 0. The lowest BCUT2D eigenvalue weighted by Crippen LogP contribution is -2.46. The van der Waals surface area contributed by atoms with Gasteiger partial charge in [-0.15, -0.1) is 0 Å². The second-order valence-corrected chi connectivity index (χ2v) is 9.96. The first kappa shape index (κ1) is 24.9. The number of carboxylic acids is 1. The summed E-state index contributed by atoms with van der Waals surface area (Å²) in [4.78, 5) is 36.2. The van der Waals surface area contributed by atoms with Crippen LogP contribution in [0.4, 0.5) is 16.0 Å². The minimum absolute atomic E-state index is 0.0187. The van der Waals surface area contributed by atoms with Crippen LogP contribution in [-0.2, 0) is 9.59 Å². The van der Waals surface area contributed by atoms with E-state index in [2.05, 4.69) is 20.4 Å². The fraction of sp³-hybridized carbons (Fsp3) is 0.480. The van der Waals surface area contributed by atoms with Gasteiger partial charge in [0.2, 0.25) is 11.7 Å². The summed E-state index contributed by atoms with van der Waals surface area (Å²) >= 11 is 0. The minimum Gasteiger partial charge on any atom is -0.481 e. The monoisotopic (exact) mass is 511 g/mol. The van der Waals surface area contributed by atoms with Crippen molar-refractivity contribution in [3.63, 3.8) is 0 Å². The maximum absolute atomic E-state index is 15.9. The fourth-order valence-electron chi connectivity index (χ4n) is 5.01. The average Bonchev–Trinajstić information content (AvgIpc) is 3.34. The highest BCUT2D eigenvalue weighted by Crippen LogP contribution is 2.36. The van der Waals surface area contributed by atoms with Crippen LogP contribution >= 0.6 is 0 Å². The maximum atomic E-state index is 15.9. The zero-order chi connectivity index (χ0) is 26.2. The third kappa shape index (κ3) is 4.80. The normalized spacial score (nSPS) is 19.7. The Morgan fingerprint density at radius 3 is 2.73 bits per heavy atom. The Balaban J connectivity index is 1.51. The molecule has 37 heavy (non-hydrogen) atoms. The molecule has 5 rings (SSSR count). The largest absolute Gasteiger partial charge is 0.481 e. The van der Waals surface area contributed by atoms with E-state index in [1.807, 2.05) is 18.2 Å². The average molecular weight is 512 g/mol. The minimum atomic E-state index is -0.864. The van der Waals surface area contributed by atoms with Crippen molar-refractivity contribution in [2.24, 2.45) is 5.41 Å². The van der Waals surface area contributed by atoms with Gasteiger partial charge in [-0.25, -0.2) is 14.5 Å². The number of nitrogens with one attached hydrogen (secondary N) is 1. The first-order chi connectivity index (χ1) is 17.8. The Morgan fingerprint density at radius 1 is 1.22 bits per heavy atom. The van der Waals surface area contributed by atoms with Crippen molar-refractivity contribution in [2.75, 3.05) is 43.0 Å². The van der Waals surface area contributed by atoms with E-state index >= 15 is 4.39 Å². The van der Waals surface area contributed by atoms with E-state index in [0.717, 1.165) is 5.52 Å². The first-order valence-corrected chi connectivity index (χ1v) is 12.4. The number of carbonyl (C=O) groups excluding carboxylic acids is 1. The zero-order valence-corrected chi connectivity index (χ0v) is 20.6. The molecule has 3 aromatic heterocycles. The van der Waals surface area contributed by atoms with E-state index in [1.54, 1.807) is 33.6 Å². The molecule has 0 spiro atoms. The zero-order valence-electron chi connectivity index (χ0n) is 20.6. The number of fused-ring (bicyclic) bond motifs is 1. The molecule has 2 fully saturated rings. The van der Waals surface area contributed by atoms with Crippen LogP contribution in [0.25, 0.3) is 16.9 Å². The SMILES string of the molecule is CC1(C(=O)O)CCN(c2nc(-c3cnn4ccccc34)nc(N[C@@H]3CCCN(C(=O)CO)C3)c2F)CC1. The van der Waals surface area contributed by atoms with Crippen molar-refractivity contribution in [3.05, 3.63) is 36.4 Å². The van der Waals surface area contributed by atoms with Gasteiger partial charge in [-0.3, -0.25) is 9.59 Å². The summed E-state index contributed by atoms with van der Waals surface area (Å²) in [5.41, 5.74) is 0.537. The van der Waals surface area contributed by atoms with Gasteiger partial charge < -0.3 is 25.3 Å². The summed E-state index contributed by atoms with van der Waals surface area (Å²) < 4.78 is 17.6. The number of hydrogen-bond donors (Lipinski definition) is 3. The summed E-state index contributed by atoms with van der Waals surface area (Å²) in [6.45, 7) is 2.69. The number of carbonyl (C=O) groups is 2. The third-order valence-electron chi connectivity index (χ3n) is 7.43. The van der Waals surface area contributed by atoms with Gasteiger partial charge in [-0.2, -0.15) is 9.49 Å². The van der Waals surface area contributed by atoms with E-state index < -0.39 is 23.8 Å². The number of halogens is 1. The van der Waals surface area contributed by atoms with E-state index in [4.69, 9.17) is 0 Å². The van der Waals surface area contributed by atoms with Gasteiger partial charge in [0.15, 0.2) is 17.5 Å². The van der Waals surface area contributed by atoms with Gasteiger partial charge in [0.05, 0.1) is 22.7 Å². The Bertz CT molecular complexity index is 1320. The highest BCUT2D eigenvalue weighted by Gasteiger charge is 2.38. The molecule has 196 valence electrons. The molecule has 0 bridgehead atoms. The van der Waals surface area contributed by atoms with Gasteiger partial charge in [-0.1, -0.05) is 6.07 Å². The Hall–Kier alpha value is -3.80. The molecular weight excluding hydrogens is 481 g/mol. The lowest BCUT2D eigenvalue weighted by atomic mass is 9.80. The Kier molecular flexibility index (Phi) is 6.67. The van der Waals surface area contributed by atoms with E-state index in [9.17, 15) is 19.8 Å². The number of rotatable bonds is 6. The molecule has 3 N–H and O–H groups in total. The molecule has 0 aromatic carbocycles. The smallest absolute Gasteiger partial charge is 0.309 e. The van der Waals surface area contributed by atoms with Crippen molar-refractivity contribution in [1.29, 1.82) is 0 Å². The molecule has 2 aliphatic rings. The summed E-state index contributed by atoms with van der Waals surface area (Å²) in [6.07, 6.45) is 5.58. The van der Waals surface area contributed by atoms with Crippen LogP contribution in [0.3, 0.4) is 0 Å². The number of hydrogen-bond acceptors (Lipinski definition) is 8. The second kappa shape index (κ2) is 9.92. The summed E-state index contributed by atoms with van der Waals surface area (Å²) in [5, 5.41) is 26.4. The number of anilines is 2. The number of amides is 1. The van der Waals surface area contributed by atoms with Gasteiger partial charge in [-0.05, 0) is 44.7 Å². The number of aromatic nitrogens is 4. The maximum Gasteiger partial charge on any atom is 0.309 e. The number of piperidine rings is 2. The molecular formula is C25H30FN7O4. The first-order valence-electron chi connectivity index (χ1n) is 12.4. The van der Waals surface area contributed by atoms with Gasteiger partial charge in [0.1, 0.15) is 6.61 Å². The molecule has 0 saturated carbocycles. The summed E-state index contributed by atoms with van der Waals surface area (Å²) in [6, 6.07) is 5.34. The topological polar surface area (TPSA) is 136 Å². The van der Waals surface area contributed by atoms with Crippen molar-refractivity contribution in [3.8, 4) is 11.4 Å². The molecule has 2 saturated heterocycles. The van der Waals surface area contributed by atoms with Crippen LogP contribution in [0, 0.1) is 11.2 Å². The van der Waals surface area contributed by atoms with Crippen molar-refractivity contribution in [2.45, 2.75) is 38.6 Å². The molecule has 0 unspecified atom stereocenters. The van der Waals surface area contributed by atoms with Gasteiger partial charge in [0, 0.05) is 38.4 Å². The van der Waals surface area contributed by atoms with Crippen molar-refractivity contribution < 1.29 is 24.2 Å². The van der Waals surface area contributed by atoms with Crippen LogP contribution in [-0.4, -0.2) is 85.4 Å². The molecule has 2 aliphatic heterocycles. The van der Waals surface area contributed by atoms with Gasteiger partial charge in [0.25, 0.3) is 0 Å². The van der Waals surface area contributed by atoms with Crippen molar-refractivity contribution in [1.82, 2.24) is 24.5 Å². The predicted molar refractivity (Wildman–Crippen MR) is 134 cm³/mol. The van der Waals surface area contributed by atoms with Crippen molar-refractivity contribution >= 4 is 29.0 Å². The molecule has 11 nitrogen and oxygen atoms in total. The molecule has 5 heterocycles. The Morgan fingerprint density at radius 2 is 2.00 bits per heavy atom. The highest BCUT2D eigenvalue weighted by molar-refractivity contribution is 5.78. The second-order valence-electron chi connectivity index (χ2n) is 9.96. The number of pyridine rings is 1. The highest BCUT2D eigenvalue weighted by atomic mass is 19.1. The number of nitrogens with zero attached hydrogens (tertiary/aromatic N) is 6. The molecule has 1 atom stereocenters. The summed E-state index contributed by atoms with van der Waals surface area (Å²) in [5.74, 6) is -1.42. The number of likely N-dealkylation sites (tertiary alicyclic amines) is 1. The van der Waals surface area contributed by atoms with E-state index in [-0.39, 0.29) is 23.6 Å². The number of aliphatic hydroxyl groups is 1. The lowest BCUT2D eigenvalue weighted by molar-refractivity contribution is -0.149. The quantitative estimate of drug-likeness (QED) is 0.454. The fourth-order valence-corrected chi connectivity index (χ4v) is 5.01. The number of carboxylic acid groups (broad SMARTS) is 1. The standard InChI is InChI=1S/C25H30FN7O4/c1-25(24(36)37)7-11-31(12-8-25)23-20(26)22(28-16-5-4-9-32(14-16)19(35)15-34)29-21(30-23)17-13-27-33-10-3-2-6-18(17)33/h2-3,6,10,13,16,34H,4-5,7-9,11-12,14-15H2,1H3,(H,36,37)(H,28,29,30)/t16-/m1/s1. The predicted octanol–water partition coefficient (Wildman–Crippen LogP) is 2.02. The van der Waals surface area contributed by atoms with Crippen LogP contribution < -0.4 is 10.2 Å². The number of aliphatic carboxylic acids is 1. The molecule has 3 aromatic rings. The molecule has 1 amide bonds.